The monoisotopic (exact) mass is 215 g/mol. The fourth-order valence-electron chi connectivity index (χ4n) is 2.50. The van der Waals surface area contributed by atoms with Crippen LogP contribution in [0.1, 0.15) is 32.3 Å². The van der Waals surface area contributed by atoms with Crippen molar-refractivity contribution in [2.24, 2.45) is 5.73 Å². The van der Waals surface area contributed by atoms with Crippen LogP contribution in [0.25, 0.3) is 11.0 Å². The van der Waals surface area contributed by atoms with Gasteiger partial charge in [-0.3, -0.25) is 0 Å². The molecule has 3 rings (SSSR count). The minimum Gasteiger partial charge on any atom is -0.346 e. The van der Waals surface area contributed by atoms with Crippen LogP contribution in [-0.4, -0.2) is 15.5 Å². The van der Waals surface area contributed by atoms with E-state index in [-0.39, 0.29) is 11.0 Å². The summed E-state index contributed by atoms with van der Waals surface area (Å²) in [6.45, 7) is 4.46. The number of rotatable bonds is 2. The molecule has 1 saturated carbocycles. The summed E-state index contributed by atoms with van der Waals surface area (Å²) in [4.78, 5) is 7.55. The third-order valence-electron chi connectivity index (χ3n) is 4.16. The minimum atomic E-state index is -0.0298. The van der Waals surface area contributed by atoms with Gasteiger partial charge in [0.15, 0.2) is 0 Å². The Morgan fingerprint density at radius 2 is 2.19 bits per heavy atom. The highest BCUT2D eigenvalue weighted by Crippen LogP contribution is 2.50. The second kappa shape index (κ2) is 2.86. The van der Waals surface area contributed by atoms with Gasteiger partial charge >= 0.3 is 0 Å². The summed E-state index contributed by atoms with van der Waals surface area (Å²) >= 11 is 0. The largest absolute Gasteiger partial charge is 0.346 e. The predicted octanol–water partition coefficient (Wildman–Crippen LogP) is 2.33. The van der Waals surface area contributed by atoms with Gasteiger partial charge in [-0.15, -0.1) is 0 Å². The summed E-state index contributed by atoms with van der Waals surface area (Å²) in [5.41, 5.74) is 8.59. The van der Waals surface area contributed by atoms with Crippen LogP contribution in [0.5, 0.6) is 0 Å². The van der Waals surface area contributed by atoms with Gasteiger partial charge < -0.3 is 10.7 Å². The van der Waals surface area contributed by atoms with E-state index in [0.717, 1.165) is 18.5 Å². The molecule has 0 amide bonds. The zero-order chi connectivity index (χ0) is 11.4. The van der Waals surface area contributed by atoms with Crippen LogP contribution in [0.4, 0.5) is 0 Å². The maximum atomic E-state index is 6.37. The van der Waals surface area contributed by atoms with Crippen molar-refractivity contribution in [1.29, 1.82) is 0 Å². The summed E-state index contributed by atoms with van der Waals surface area (Å²) in [6, 6.07) is 4.09. The Morgan fingerprint density at radius 1 is 1.44 bits per heavy atom. The molecule has 0 radical (unpaired) electrons. The lowest BCUT2D eigenvalue weighted by molar-refractivity contribution is 0.394. The van der Waals surface area contributed by atoms with Crippen molar-refractivity contribution in [2.75, 3.05) is 0 Å². The van der Waals surface area contributed by atoms with Gasteiger partial charge in [-0.25, -0.2) is 4.98 Å². The first-order valence-corrected chi connectivity index (χ1v) is 5.76. The molecule has 0 saturated heterocycles. The van der Waals surface area contributed by atoms with Gasteiger partial charge in [0.2, 0.25) is 0 Å². The lowest BCUT2D eigenvalue weighted by Gasteiger charge is -2.31. The normalized spacial score (nSPS) is 18.9. The second-order valence-electron chi connectivity index (χ2n) is 5.38. The number of nitrogens with one attached hydrogen (secondary N) is 1. The third kappa shape index (κ3) is 1.15. The topological polar surface area (TPSA) is 54.7 Å². The Balaban J connectivity index is 2.19. The quantitative estimate of drug-likeness (QED) is 0.807. The van der Waals surface area contributed by atoms with Crippen LogP contribution in [0.2, 0.25) is 0 Å². The van der Waals surface area contributed by atoms with Gasteiger partial charge in [0, 0.05) is 28.7 Å². The van der Waals surface area contributed by atoms with Crippen LogP contribution in [0.3, 0.4) is 0 Å². The number of pyridine rings is 1. The summed E-state index contributed by atoms with van der Waals surface area (Å²) in [6.07, 6.45) is 6.11. The van der Waals surface area contributed by atoms with Crippen LogP contribution < -0.4 is 5.73 Å². The average Bonchev–Trinajstić information content (AvgIpc) is 2.88. The zero-order valence-electron chi connectivity index (χ0n) is 9.75. The average molecular weight is 215 g/mol. The van der Waals surface area contributed by atoms with Crippen molar-refractivity contribution >= 4 is 11.0 Å². The Hall–Kier alpha value is -1.35. The molecule has 0 unspecified atom stereocenters. The first-order chi connectivity index (χ1) is 7.55. The molecule has 0 aliphatic heterocycles. The second-order valence-corrected chi connectivity index (χ2v) is 5.38. The van der Waals surface area contributed by atoms with Gasteiger partial charge in [-0.05, 0) is 30.5 Å². The number of H-pyrrole nitrogens is 1. The van der Waals surface area contributed by atoms with Gasteiger partial charge in [0.25, 0.3) is 0 Å². The standard InChI is InChI=1S/C13H17N3/c1-12(2,13(14)5-6-13)10-8-16-11-9(10)4-3-7-15-11/h3-4,7-8H,5-6,14H2,1-2H3,(H,15,16). The first kappa shape index (κ1) is 9.85. The summed E-state index contributed by atoms with van der Waals surface area (Å²) < 4.78 is 0. The molecule has 1 fully saturated rings. The Kier molecular flexibility index (Phi) is 1.76. The summed E-state index contributed by atoms with van der Waals surface area (Å²) in [7, 11) is 0. The van der Waals surface area contributed by atoms with E-state index in [9.17, 15) is 0 Å². The van der Waals surface area contributed by atoms with Crippen molar-refractivity contribution in [3.05, 3.63) is 30.1 Å². The fraction of sp³-hybridized carbons (Fsp3) is 0.462. The van der Waals surface area contributed by atoms with Crippen molar-refractivity contribution in [1.82, 2.24) is 9.97 Å². The molecule has 0 aromatic carbocycles. The number of aromatic amines is 1. The first-order valence-electron chi connectivity index (χ1n) is 5.76. The molecule has 3 N–H and O–H groups in total. The Bertz CT molecular complexity index is 535. The summed E-state index contributed by atoms with van der Waals surface area (Å²) in [5.74, 6) is 0. The van der Waals surface area contributed by atoms with E-state index >= 15 is 0 Å². The van der Waals surface area contributed by atoms with Crippen LogP contribution >= 0.6 is 0 Å². The number of aromatic nitrogens is 2. The van der Waals surface area contributed by atoms with Crippen LogP contribution in [0, 0.1) is 0 Å². The van der Waals surface area contributed by atoms with E-state index in [2.05, 4.69) is 36.1 Å². The maximum absolute atomic E-state index is 6.37. The fourth-order valence-corrected chi connectivity index (χ4v) is 2.50. The SMILES string of the molecule is CC(C)(c1c[nH]c2ncccc12)C1(N)CC1. The number of hydrogen-bond donors (Lipinski definition) is 2. The Labute approximate surface area is 95.1 Å². The maximum Gasteiger partial charge on any atom is 0.137 e. The molecular weight excluding hydrogens is 198 g/mol. The lowest BCUT2D eigenvalue weighted by Crippen LogP contribution is -2.43. The van der Waals surface area contributed by atoms with Gasteiger partial charge in [-0.1, -0.05) is 13.8 Å². The highest BCUT2D eigenvalue weighted by molar-refractivity contribution is 5.81. The predicted molar refractivity (Wildman–Crippen MR) is 65.3 cm³/mol. The summed E-state index contributed by atoms with van der Waals surface area (Å²) in [5, 5.41) is 1.20. The molecule has 1 aliphatic rings. The molecule has 0 spiro atoms. The number of nitrogens with two attached hydrogens (primary N) is 1. The van der Waals surface area contributed by atoms with Crippen LogP contribution in [-0.2, 0) is 5.41 Å². The lowest BCUT2D eigenvalue weighted by atomic mass is 9.76. The smallest absolute Gasteiger partial charge is 0.137 e. The molecule has 0 bridgehead atoms. The highest BCUT2D eigenvalue weighted by Gasteiger charge is 2.52. The van der Waals surface area contributed by atoms with Crippen molar-refractivity contribution < 1.29 is 0 Å². The van der Waals surface area contributed by atoms with Crippen molar-refractivity contribution in [3.8, 4) is 0 Å². The minimum absolute atomic E-state index is 0.00822. The van der Waals surface area contributed by atoms with E-state index in [4.69, 9.17) is 5.73 Å². The molecule has 3 nitrogen and oxygen atoms in total. The molecule has 2 heterocycles. The van der Waals surface area contributed by atoms with E-state index in [1.807, 2.05) is 12.3 Å². The van der Waals surface area contributed by atoms with E-state index in [0.29, 0.717) is 0 Å². The molecule has 2 aromatic heterocycles. The van der Waals surface area contributed by atoms with Crippen LogP contribution in [0.15, 0.2) is 24.5 Å². The number of nitrogens with zero attached hydrogens (tertiary/aromatic N) is 1. The molecule has 2 aromatic rings. The number of hydrogen-bond acceptors (Lipinski definition) is 2. The van der Waals surface area contributed by atoms with Gasteiger partial charge in [0.05, 0.1) is 0 Å². The highest BCUT2D eigenvalue weighted by atomic mass is 14.9. The third-order valence-corrected chi connectivity index (χ3v) is 4.16. The Morgan fingerprint density at radius 3 is 2.88 bits per heavy atom. The number of fused-ring (bicyclic) bond motifs is 1. The van der Waals surface area contributed by atoms with Crippen molar-refractivity contribution in [3.63, 3.8) is 0 Å². The molecule has 16 heavy (non-hydrogen) atoms. The van der Waals surface area contributed by atoms with Crippen molar-refractivity contribution in [2.45, 2.75) is 37.6 Å². The molecule has 84 valence electrons. The van der Waals surface area contributed by atoms with E-state index in [1.54, 1.807) is 0 Å². The van der Waals surface area contributed by atoms with E-state index in [1.165, 1.54) is 10.9 Å². The molecule has 1 aliphatic carbocycles. The zero-order valence-corrected chi connectivity index (χ0v) is 9.75. The van der Waals surface area contributed by atoms with Gasteiger partial charge in [-0.2, -0.15) is 0 Å². The molecule has 3 heteroatoms. The van der Waals surface area contributed by atoms with Gasteiger partial charge in [0.1, 0.15) is 5.65 Å². The van der Waals surface area contributed by atoms with E-state index < -0.39 is 0 Å². The molecule has 0 atom stereocenters. The molecular formula is C13H17N3.